The highest BCUT2D eigenvalue weighted by Gasteiger charge is 2.08. The minimum Gasteiger partial charge on any atom is -0.456 e. The lowest BCUT2D eigenvalue weighted by molar-refractivity contribution is 0.481. The zero-order chi connectivity index (χ0) is 14.7. The van der Waals surface area contributed by atoms with E-state index in [1.54, 1.807) is 0 Å². The molecule has 2 nitrogen and oxygen atoms in total. The molecule has 0 aliphatic heterocycles. The van der Waals surface area contributed by atoms with Crippen molar-refractivity contribution in [3.05, 3.63) is 58.6 Å². The third kappa shape index (κ3) is 3.53. The lowest BCUT2D eigenvalue weighted by Gasteiger charge is -2.12. The molecule has 0 saturated carbocycles. The molecule has 0 fully saturated rings. The van der Waals surface area contributed by atoms with E-state index in [0.717, 1.165) is 11.3 Å². The van der Waals surface area contributed by atoms with Crippen LogP contribution in [0.1, 0.15) is 43.9 Å². The Bertz CT molecular complexity index is 593. The van der Waals surface area contributed by atoms with E-state index in [1.165, 1.54) is 5.56 Å². The first-order valence-corrected chi connectivity index (χ1v) is 7.18. The van der Waals surface area contributed by atoms with Gasteiger partial charge in [0.1, 0.15) is 11.5 Å². The van der Waals surface area contributed by atoms with Gasteiger partial charge in [-0.25, -0.2) is 0 Å². The second-order valence-corrected chi connectivity index (χ2v) is 5.71. The summed E-state index contributed by atoms with van der Waals surface area (Å²) >= 11 is 6.25. The smallest absolute Gasteiger partial charge is 0.146 e. The van der Waals surface area contributed by atoms with Crippen molar-refractivity contribution in [1.29, 1.82) is 0 Å². The Kier molecular flexibility index (Phi) is 4.69. The molecule has 0 bridgehead atoms. The Morgan fingerprint density at radius 2 is 1.75 bits per heavy atom. The lowest BCUT2D eigenvalue weighted by atomic mass is 10.0. The van der Waals surface area contributed by atoms with E-state index < -0.39 is 0 Å². The Balaban J connectivity index is 2.24. The summed E-state index contributed by atoms with van der Waals surface area (Å²) in [6.45, 7) is 6.24. The van der Waals surface area contributed by atoms with Crippen LogP contribution in [0.2, 0.25) is 5.02 Å². The van der Waals surface area contributed by atoms with Crippen molar-refractivity contribution in [2.24, 2.45) is 5.73 Å². The van der Waals surface area contributed by atoms with E-state index in [0.29, 0.717) is 16.7 Å². The predicted molar refractivity (Wildman–Crippen MR) is 84.7 cm³/mol. The van der Waals surface area contributed by atoms with Crippen LogP contribution in [0, 0.1) is 0 Å². The van der Waals surface area contributed by atoms with Gasteiger partial charge in [-0.3, -0.25) is 0 Å². The fourth-order valence-electron chi connectivity index (χ4n) is 1.95. The SMILES string of the molecule is CC(C)c1cccc(Oc2ccc([C@@H](C)N)cc2Cl)c1. The third-order valence-corrected chi connectivity index (χ3v) is 3.53. The normalized spacial score (nSPS) is 12.5. The van der Waals surface area contributed by atoms with Crippen LogP contribution >= 0.6 is 11.6 Å². The molecule has 20 heavy (non-hydrogen) atoms. The molecule has 1 atom stereocenters. The minimum atomic E-state index is -0.0363. The highest BCUT2D eigenvalue weighted by Crippen LogP contribution is 2.32. The molecule has 0 aromatic heterocycles. The molecule has 0 aliphatic carbocycles. The fraction of sp³-hybridized carbons (Fsp3) is 0.294. The van der Waals surface area contributed by atoms with Crippen molar-refractivity contribution in [3.63, 3.8) is 0 Å². The number of hydrogen-bond acceptors (Lipinski definition) is 2. The molecule has 0 amide bonds. The molecule has 0 aliphatic rings. The quantitative estimate of drug-likeness (QED) is 0.831. The van der Waals surface area contributed by atoms with Gasteiger partial charge in [0.15, 0.2) is 0 Å². The first-order chi connectivity index (χ1) is 9.47. The van der Waals surface area contributed by atoms with E-state index in [9.17, 15) is 0 Å². The molecule has 2 aromatic rings. The first-order valence-electron chi connectivity index (χ1n) is 6.80. The van der Waals surface area contributed by atoms with Crippen molar-refractivity contribution in [2.45, 2.75) is 32.7 Å². The van der Waals surface area contributed by atoms with E-state index >= 15 is 0 Å². The van der Waals surface area contributed by atoms with Crippen LogP contribution < -0.4 is 10.5 Å². The second-order valence-electron chi connectivity index (χ2n) is 5.31. The van der Waals surface area contributed by atoms with Gasteiger partial charge in [0.2, 0.25) is 0 Å². The van der Waals surface area contributed by atoms with Crippen LogP contribution in [-0.2, 0) is 0 Å². The first kappa shape index (κ1) is 14.9. The minimum absolute atomic E-state index is 0.0363. The number of halogens is 1. The van der Waals surface area contributed by atoms with Gasteiger partial charge in [0.05, 0.1) is 5.02 Å². The van der Waals surface area contributed by atoms with Gasteiger partial charge in [0, 0.05) is 6.04 Å². The molecule has 106 valence electrons. The maximum absolute atomic E-state index is 6.25. The van der Waals surface area contributed by atoms with Crippen molar-refractivity contribution in [3.8, 4) is 11.5 Å². The summed E-state index contributed by atoms with van der Waals surface area (Å²) in [5, 5.41) is 0.578. The van der Waals surface area contributed by atoms with E-state index in [4.69, 9.17) is 22.1 Å². The van der Waals surface area contributed by atoms with Crippen LogP contribution in [0.25, 0.3) is 0 Å². The Morgan fingerprint density at radius 3 is 2.35 bits per heavy atom. The van der Waals surface area contributed by atoms with Gasteiger partial charge in [0.25, 0.3) is 0 Å². The Labute approximate surface area is 125 Å². The van der Waals surface area contributed by atoms with Crippen molar-refractivity contribution < 1.29 is 4.74 Å². The van der Waals surface area contributed by atoms with Crippen molar-refractivity contribution in [2.75, 3.05) is 0 Å². The summed E-state index contributed by atoms with van der Waals surface area (Å²) < 4.78 is 5.86. The summed E-state index contributed by atoms with van der Waals surface area (Å²) in [4.78, 5) is 0. The molecular weight excluding hydrogens is 270 g/mol. The maximum Gasteiger partial charge on any atom is 0.146 e. The summed E-state index contributed by atoms with van der Waals surface area (Å²) in [5.41, 5.74) is 8.08. The highest BCUT2D eigenvalue weighted by atomic mass is 35.5. The predicted octanol–water partition coefficient (Wildman–Crippen LogP) is 5.28. The standard InChI is InChI=1S/C17H20ClNO/c1-11(2)13-5-4-6-15(9-13)20-17-8-7-14(12(3)19)10-16(17)18/h4-12H,19H2,1-3H3/t12-/m1/s1. The van der Waals surface area contributed by atoms with Crippen molar-refractivity contribution >= 4 is 11.6 Å². The zero-order valence-corrected chi connectivity index (χ0v) is 12.8. The van der Waals surface area contributed by atoms with Crippen LogP contribution in [-0.4, -0.2) is 0 Å². The average Bonchev–Trinajstić information content (AvgIpc) is 2.41. The molecule has 0 radical (unpaired) electrons. The van der Waals surface area contributed by atoms with Gasteiger partial charge >= 0.3 is 0 Å². The molecule has 0 unspecified atom stereocenters. The summed E-state index contributed by atoms with van der Waals surface area (Å²) in [6.07, 6.45) is 0. The maximum atomic E-state index is 6.25. The number of benzene rings is 2. The largest absolute Gasteiger partial charge is 0.456 e. The Hall–Kier alpha value is -1.51. The fourth-order valence-corrected chi connectivity index (χ4v) is 2.17. The number of rotatable bonds is 4. The molecular formula is C17H20ClNO. The molecule has 2 aromatic carbocycles. The van der Waals surface area contributed by atoms with Crippen LogP contribution in [0.5, 0.6) is 11.5 Å². The van der Waals surface area contributed by atoms with Crippen molar-refractivity contribution in [1.82, 2.24) is 0 Å². The molecule has 0 heterocycles. The van der Waals surface area contributed by atoms with E-state index in [2.05, 4.69) is 19.9 Å². The number of hydrogen-bond donors (Lipinski definition) is 1. The van der Waals surface area contributed by atoms with Gasteiger partial charge < -0.3 is 10.5 Å². The molecule has 0 saturated heterocycles. The van der Waals surface area contributed by atoms with Crippen LogP contribution in [0.3, 0.4) is 0 Å². The molecule has 3 heteroatoms. The number of ether oxygens (including phenoxy) is 1. The molecule has 2 N–H and O–H groups in total. The van der Waals surface area contributed by atoms with Gasteiger partial charge in [-0.2, -0.15) is 0 Å². The molecule has 2 rings (SSSR count). The highest BCUT2D eigenvalue weighted by molar-refractivity contribution is 6.32. The Morgan fingerprint density at radius 1 is 1.00 bits per heavy atom. The molecule has 0 spiro atoms. The van der Waals surface area contributed by atoms with E-state index in [1.807, 2.05) is 43.3 Å². The average molecular weight is 290 g/mol. The van der Waals surface area contributed by atoms with E-state index in [-0.39, 0.29) is 6.04 Å². The van der Waals surface area contributed by atoms with Gasteiger partial charge in [-0.15, -0.1) is 0 Å². The number of nitrogens with two attached hydrogens (primary N) is 1. The zero-order valence-electron chi connectivity index (χ0n) is 12.1. The third-order valence-electron chi connectivity index (χ3n) is 3.23. The summed E-state index contributed by atoms with van der Waals surface area (Å²) in [7, 11) is 0. The topological polar surface area (TPSA) is 35.2 Å². The van der Waals surface area contributed by atoms with Gasteiger partial charge in [-0.1, -0.05) is 43.6 Å². The second kappa shape index (κ2) is 6.29. The van der Waals surface area contributed by atoms with Crippen LogP contribution in [0.4, 0.5) is 0 Å². The monoisotopic (exact) mass is 289 g/mol. The lowest BCUT2D eigenvalue weighted by Crippen LogP contribution is -2.04. The summed E-state index contributed by atoms with van der Waals surface area (Å²) in [5.74, 6) is 1.91. The summed E-state index contributed by atoms with van der Waals surface area (Å²) in [6, 6.07) is 13.7. The van der Waals surface area contributed by atoms with Gasteiger partial charge in [-0.05, 0) is 48.2 Å². The van der Waals surface area contributed by atoms with Crippen LogP contribution in [0.15, 0.2) is 42.5 Å².